The summed E-state index contributed by atoms with van der Waals surface area (Å²) in [5, 5.41) is 12.1. The first kappa shape index (κ1) is 23.4. The number of hydrogen-bond donors (Lipinski definition) is 0. The Morgan fingerprint density at radius 1 is 1.04 bits per heavy atom. The van der Waals surface area contributed by atoms with E-state index in [0.717, 1.165) is 24.5 Å². The summed E-state index contributed by atoms with van der Waals surface area (Å²) in [6.45, 7) is 8.59. The zero-order chi connectivity index (χ0) is 18.3. The van der Waals surface area contributed by atoms with Crippen molar-refractivity contribution in [1.82, 2.24) is 0 Å². The van der Waals surface area contributed by atoms with E-state index in [-0.39, 0.29) is 17.1 Å². The van der Waals surface area contributed by atoms with Crippen LogP contribution in [0.3, 0.4) is 0 Å². The Morgan fingerprint density at radius 3 is 2.04 bits per heavy atom. The maximum absolute atomic E-state index is 7.51. The van der Waals surface area contributed by atoms with Gasteiger partial charge in [0.05, 0.1) is 12.6 Å². The summed E-state index contributed by atoms with van der Waals surface area (Å²) < 4.78 is 0. The third-order valence-electron chi connectivity index (χ3n) is 3.22. The summed E-state index contributed by atoms with van der Waals surface area (Å²) >= 11 is 0. The number of hydrogen-bond acceptors (Lipinski definition) is 2. The fourth-order valence-corrected chi connectivity index (χ4v) is 1.99. The minimum atomic E-state index is 0. The molecule has 4 heteroatoms. The Labute approximate surface area is 167 Å². The molecule has 0 amide bonds. The molecule has 0 saturated carbocycles. The van der Waals surface area contributed by atoms with Crippen molar-refractivity contribution >= 4 is 5.71 Å². The molecule has 0 aliphatic carbocycles. The molecule has 2 rings (SSSR count). The summed E-state index contributed by atoms with van der Waals surface area (Å²) in [5.74, 6) is 0. The second-order valence-corrected chi connectivity index (χ2v) is 5.36. The van der Waals surface area contributed by atoms with E-state index in [4.69, 9.17) is 5.26 Å². The normalized spacial score (nSPS) is 10.5. The van der Waals surface area contributed by atoms with Crippen LogP contribution in [-0.4, -0.2) is 5.71 Å². The number of allylic oxidation sites excluding steroid dienone is 3. The molecule has 0 aliphatic rings. The minimum absolute atomic E-state index is 0. The zero-order valence-corrected chi connectivity index (χ0v) is 16.1. The van der Waals surface area contributed by atoms with E-state index < -0.39 is 0 Å². The first-order valence-electron chi connectivity index (χ1n) is 8.11. The minimum Gasteiger partial charge on any atom is -0.684 e. The van der Waals surface area contributed by atoms with Gasteiger partial charge in [0.15, 0.2) is 0 Å². The molecule has 0 bridgehead atoms. The molecule has 3 nitrogen and oxygen atoms in total. The van der Waals surface area contributed by atoms with Crippen molar-refractivity contribution in [1.29, 1.82) is 5.26 Å². The molecule has 138 valence electrons. The van der Waals surface area contributed by atoms with Gasteiger partial charge in [-0.2, -0.15) is 11.0 Å². The van der Waals surface area contributed by atoms with E-state index in [1.165, 1.54) is 17.2 Å². The Balaban J connectivity index is 0.00000113. The molecule has 0 fully saturated rings. The Kier molecular flexibility index (Phi) is 13.2. The van der Waals surface area contributed by atoms with E-state index in [9.17, 15) is 0 Å². The summed E-state index contributed by atoms with van der Waals surface area (Å²) in [4.78, 5) is 4.57. The fourth-order valence-electron chi connectivity index (χ4n) is 1.99. The average molecular weight is 394 g/mol. The molecule has 0 atom stereocenters. The molecule has 0 aliphatic heterocycles. The van der Waals surface area contributed by atoms with Crippen molar-refractivity contribution in [3.8, 4) is 6.07 Å². The van der Waals surface area contributed by atoms with Gasteiger partial charge in [-0.1, -0.05) is 85.8 Å². The summed E-state index contributed by atoms with van der Waals surface area (Å²) in [6.07, 6.45) is 3.21. The van der Waals surface area contributed by atoms with Crippen LogP contribution in [-0.2, 0) is 30.2 Å². The summed E-state index contributed by atoms with van der Waals surface area (Å²) in [7, 11) is 0. The van der Waals surface area contributed by atoms with Gasteiger partial charge in [0, 0.05) is 11.8 Å². The molecule has 0 saturated heterocycles. The van der Waals surface area contributed by atoms with Gasteiger partial charge in [0.2, 0.25) is 0 Å². The van der Waals surface area contributed by atoms with Gasteiger partial charge >= 0.3 is 17.1 Å². The number of nitriles is 1. The second kappa shape index (κ2) is 14.7. The number of rotatable bonds is 6. The third kappa shape index (κ3) is 11.0. The van der Waals surface area contributed by atoms with Crippen LogP contribution in [0.15, 0.2) is 90.1 Å². The predicted octanol–water partition coefficient (Wildman–Crippen LogP) is 5.82. The van der Waals surface area contributed by atoms with Crippen LogP contribution in [0.25, 0.3) is 5.32 Å². The first-order chi connectivity index (χ1) is 12.2. The van der Waals surface area contributed by atoms with E-state index >= 15 is 0 Å². The number of benzene rings is 2. The topological polar surface area (TPSA) is 50.2 Å². The van der Waals surface area contributed by atoms with Crippen LogP contribution in [0.5, 0.6) is 0 Å². The molecule has 0 aromatic heterocycles. The van der Waals surface area contributed by atoms with Crippen LogP contribution >= 0.6 is 0 Å². The van der Waals surface area contributed by atoms with E-state index in [1.807, 2.05) is 56.3 Å². The Morgan fingerprint density at radius 2 is 1.54 bits per heavy atom. The molecule has 2 aromatic carbocycles. The molecule has 0 radical (unpaired) electrons. The van der Waals surface area contributed by atoms with Gasteiger partial charge in [-0.3, -0.25) is 4.99 Å². The standard InChI is InChI=1S/C19H21N2.C3H3N.Cu/c1-16(20-14-18-9-5-3-6-10-18)13-17(2)21-15-19-11-7-4-8-12-19;1-2-3-4;/h3-13H,14-15H2,1-2H3;2H,1H2;/q-1;;+1/b16-13-,21-17?;;. The van der Waals surface area contributed by atoms with E-state index in [1.54, 1.807) is 6.07 Å². The smallest absolute Gasteiger partial charge is 0.684 e. The quantitative estimate of drug-likeness (QED) is 0.346. The van der Waals surface area contributed by atoms with Gasteiger partial charge in [-0.25, -0.2) is 0 Å². The zero-order valence-electron chi connectivity index (χ0n) is 15.2. The summed E-state index contributed by atoms with van der Waals surface area (Å²) in [6, 6.07) is 22.2. The van der Waals surface area contributed by atoms with Gasteiger partial charge in [-0.05, 0) is 12.5 Å². The maximum atomic E-state index is 7.51. The van der Waals surface area contributed by atoms with Crippen molar-refractivity contribution < 1.29 is 17.1 Å². The van der Waals surface area contributed by atoms with Gasteiger partial charge in [0.1, 0.15) is 0 Å². The first-order valence-corrected chi connectivity index (χ1v) is 8.11. The van der Waals surface area contributed by atoms with Crippen LogP contribution < -0.4 is 0 Å². The van der Waals surface area contributed by atoms with Gasteiger partial charge in [-0.15, -0.1) is 6.54 Å². The molecule has 0 unspecified atom stereocenters. The maximum Gasteiger partial charge on any atom is 1.00 e. The molecule has 0 heterocycles. The van der Waals surface area contributed by atoms with Crippen LogP contribution in [0, 0.1) is 11.3 Å². The van der Waals surface area contributed by atoms with Crippen LogP contribution in [0.2, 0.25) is 0 Å². The monoisotopic (exact) mass is 393 g/mol. The Hall–Kier alpha value is -2.60. The molecular weight excluding hydrogens is 370 g/mol. The second-order valence-electron chi connectivity index (χ2n) is 5.36. The van der Waals surface area contributed by atoms with Gasteiger partial charge < -0.3 is 5.32 Å². The number of nitrogens with zero attached hydrogens (tertiary/aromatic N) is 3. The van der Waals surface area contributed by atoms with E-state index in [0.29, 0.717) is 0 Å². The van der Waals surface area contributed by atoms with Crippen LogP contribution in [0.1, 0.15) is 25.0 Å². The largest absolute Gasteiger partial charge is 1.00 e. The molecular formula is C22H24CuN3. The van der Waals surface area contributed by atoms with Crippen LogP contribution in [0.4, 0.5) is 0 Å². The fraction of sp³-hybridized carbons (Fsp3) is 0.182. The number of aliphatic imine (C=N–C) groups is 1. The summed E-state index contributed by atoms with van der Waals surface area (Å²) in [5.41, 5.74) is 4.47. The Bertz CT molecular complexity index is 729. The van der Waals surface area contributed by atoms with E-state index in [2.05, 4.69) is 41.2 Å². The SMILES string of the molecule is C=CC#N.CC(/C=C(/C)[N-]Cc1ccccc1)=NCc1ccccc1.[Cu+]. The van der Waals surface area contributed by atoms with Crippen molar-refractivity contribution in [3.63, 3.8) is 0 Å². The van der Waals surface area contributed by atoms with Crippen molar-refractivity contribution in [2.45, 2.75) is 26.9 Å². The third-order valence-corrected chi connectivity index (χ3v) is 3.22. The molecule has 26 heavy (non-hydrogen) atoms. The van der Waals surface area contributed by atoms with Gasteiger partial charge in [0.25, 0.3) is 0 Å². The molecule has 2 aromatic rings. The van der Waals surface area contributed by atoms with Crippen molar-refractivity contribution in [2.24, 2.45) is 4.99 Å². The average Bonchev–Trinajstić information content (AvgIpc) is 2.66. The van der Waals surface area contributed by atoms with Crippen molar-refractivity contribution in [3.05, 3.63) is 102 Å². The molecule has 0 N–H and O–H groups in total. The molecule has 0 spiro atoms. The van der Waals surface area contributed by atoms with Crippen molar-refractivity contribution in [2.75, 3.05) is 0 Å². The predicted molar refractivity (Wildman–Crippen MR) is 106 cm³/mol.